The van der Waals surface area contributed by atoms with Crippen LogP contribution >= 0.6 is 0 Å². The Labute approximate surface area is 126 Å². The molecule has 0 heterocycles. The fourth-order valence-electron chi connectivity index (χ4n) is 2.05. The molecule has 3 heteroatoms. The number of benzene rings is 2. The van der Waals surface area contributed by atoms with E-state index in [4.69, 9.17) is 4.74 Å². The lowest BCUT2D eigenvalue weighted by atomic mass is 10.0. The summed E-state index contributed by atoms with van der Waals surface area (Å²) in [5.74, 6) is 1.23. The highest BCUT2D eigenvalue weighted by atomic mass is 16.5. The fraction of sp³-hybridized carbons (Fsp3) is 0.278. The van der Waals surface area contributed by atoms with Crippen LogP contribution in [-0.2, 0) is 6.54 Å². The molecule has 110 valence electrons. The molecule has 0 atom stereocenters. The van der Waals surface area contributed by atoms with Crippen LogP contribution in [0.3, 0.4) is 0 Å². The van der Waals surface area contributed by atoms with Crippen molar-refractivity contribution in [3.8, 4) is 5.75 Å². The number of rotatable bonds is 5. The highest BCUT2D eigenvalue weighted by Crippen LogP contribution is 2.15. The molecule has 0 saturated carbocycles. The lowest BCUT2D eigenvalue weighted by molar-refractivity contribution is 0.0951. The highest BCUT2D eigenvalue weighted by Gasteiger charge is 2.06. The molecule has 2 rings (SSSR count). The molecule has 2 aromatic carbocycles. The predicted molar refractivity (Wildman–Crippen MR) is 84.7 cm³/mol. The van der Waals surface area contributed by atoms with Crippen LogP contribution in [0.5, 0.6) is 5.75 Å². The van der Waals surface area contributed by atoms with Crippen LogP contribution in [0.25, 0.3) is 0 Å². The first-order chi connectivity index (χ1) is 10.1. The summed E-state index contributed by atoms with van der Waals surface area (Å²) in [7, 11) is 1.64. The Morgan fingerprint density at radius 2 is 1.67 bits per heavy atom. The molecular formula is C18H21NO2. The molecule has 0 aromatic heterocycles. The number of ether oxygens (including phenoxy) is 1. The summed E-state index contributed by atoms with van der Waals surface area (Å²) in [4.78, 5) is 12.1. The molecule has 0 fully saturated rings. The van der Waals surface area contributed by atoms with Crippen molar-refractivity contribution in [1.82, 2.24) is 5.32 Å². The zero-order chi connectivity index (χ0) is 15.2. The van der Waals surface area contributed by atoms with E-state index in [1.165, 1.54) is 5.56 Å². The van der Waals surface area contributed by atoms with Crippen molar-refractivity contribution in [2.75, 3.05) is 7.11 Å². The summed E-state index contributed by atoms with van der Waals surface area (Å²) >= 11 is 0. The summed E-state index contributed by atoms with van der Waals surface area (Å²) in [6, 6.07) is 15.4. The van der Waals surface area contributed by atoms with E-state index in [-0.39, 0.29) is 5.91 Å². The standard InChI is InChI=1S/C18H21NO2/c1-13(2)15-6-8-16(9-7-15)18(20)19-12-14-4-10-17(21-3)11-5-14/h4-11,13H,12H2,1-3H3,(H,19,20). The first-order valence-electron chi connectivity index (χ1n) is 7.11. The third-order valence-electron chi connectivity index (χ3n) is 3.45. The lowest BCUT2D eigenvalue weighted by Crippen LogP contribution is -2.22. The summed E-state index contributed by atoms with van der Waals surface area (Å²) in [5.41, 5.74) is 2.97. The van der Waals surface area contributed by atoms with Gasteiger partial charge in [0, 0.05) is 12.1 Å². The molecule has 0 aliphatic rings. The second-order valence-electron chi connectivity index (χ2n) is 5.31. The van der Waals surface area contributed by atoms with Crippen LogP contribution in [0.15, 0.2) is 48.5 Å². The summed E-state index contributed by atoms with van der Waals surface area (Å²) in [6.07, 6.45) is 0. The van der Waals surface area contributed by atoms with E-state index in [0.717, 1.165) is 11.3 Å². The number of amides is 1. The highest BCUT2D eigenvalue weighted by molar-refractivity contribution is 5.94. The van der Waals surface area contributed by atoms with Crippen molar-refractivity contribution in [3.63, 3.8) is 0 Å². The van der Waals surface area contributed by atoms with Crippen LogP contribution in [0.4, 0.5) is 0 Å². The number of methoxy groups -OCH3 is 1. The van der Waals surface area contributed by atoms with Crippen molar-refractivity contribution in [3.05, 3.63) is 65.2 Å². The Kier molecular flexibility index (Phi) is 4.99. The molecule has 1 amide bonds. The van der Waals surface area contributed by atoms with E-state index in [9.17, 15) is 4.79 Å². The number of hydrogen-bond donors (Lipinski definition) is 1. The van der Waals surface area contributed by atoms with Gasteiger partial charge in [-0.05, 0) is 41.3 Å². The monoisotopic (exact) mass is 283 g/mol. The molecule has 0 unspecified atom stereocenters. The van der Waals surface area contributed by atoms with Crippen molar-refractivity contribution in [1.29, 1.82) is 0 Å². The normalized spacial score (nSPS) is 10.5. The fourth-order valence-corrected chi connectivity index (χ4v) is 2.05. The van der Waals surface area contributed by atoms with Gasteiger partial charge in [0.05, 0.1) is 7.11 Å². The predicted octanol–water partition coefficient (Wildman–Crippen LogP) is 3.75. The average molecular weight is 283 g/mol. The third-order valence-corrected chi connectivity index (χ3v) is 3.45. The van der Waals surface area contributed by atoms with Gasteiger partial charge >= 0.3 is 0 Å². The van der Waals surface area contributed by atoms with Crippen LogP contribution in [-0.4, -0.2) is 13.0 Å². The van der Waals surface area contributed by atoms with Gasteiger partial charge in [0.25, 0.3) is 5.91 Å². The average Bonchev–Trinajstić information content (AvgIpc) is 2.53. The molecule has 1 N–H and O–H groups in total. The van der Waals surface area contributed by atoms with Gasteiger partial charge in [-0.2, -0.15) is 0 Å². The number of carbonyl (C=O) groups excluding carboxylic acids is 1. The number of hydrogen-bond acceptors (Lipinski definition) is 2. The van der Waals surface area contributed by atoms with Crippen LogP contribution in [0.1, 0.15) is 41.3 Å². The molecule has 0 spiro atoms. The quantitative estimate of drug-likeness (QED) is 0.907. The van der Waals surface area contributed by atoms with Crippen molar-refractivity contribution in [2.45, 2.75) is 26.3 Å². The molecule has 0 radical (unpaired) electrons. The number of nitrogens with one attached hydrogen (secondary N) is 1. The van der Waals surface area contributed by atoms with E-state index in [2.05, 4.69) is 19.2 Å². The van der Waals surface area contributed by atoms with Crippen LogP contribution in [0.2, 0.25) is 0 Å². The van der Waals surface area contributed by atoms with E-state index >= 15 is 0 Å². The Balaban J connectivity index is 1.94. The van der Waals surface area contributed by atoms with Gasteiger partial charge in [-0.1, -0.05) is 38.1 Å². The molecule has 0 saturated heterocycles. The molecule has 0 aliphatic carbocycles. The van der Waals surface area contributed by atoms with Crippen LogP contribution in [0, 0.1) is 0 Å². The maximum Gasteiger partial charge on any atom is 0.251 e. The summed E-state index contributed by atoms with van der Waals surface area (Å²) < 4.78 is 5.11. The van der Waals surface area contributed by atoms with E-state index < -0.39 is 0 Å². The molecule has 3 nitrogen and oxygen atoms in total. The molecule has 0 aliphatic heterocycles. The van der Waals surface area contributed by atoms with E-state index in [1.807, 2.05) is 48.5 Å². The van der Waals surface area contributed by atoms with Gasteiger partial charge in [-0.15, -0.1) is 0 Å². The maximum atomic E-state index is 12.1. The minimum atomic E-state index is -0.0545. The van der Waals surface area contributed by atoms with E-state index in [0.29, 0.717) is 18.0 Å². The first-order valence-corrected chi connectivity index (χ1v) is 7.11. The largest absolute Gasteiger partial charge is 0.497 e. The molecule has 2 aromatic rings. The third kappa shape index (κ3) is 4.09. The second-order valence-corrected chi connectivity index (χ2v) is 5.31. The topological polar surface area (TPSA) is 38.3 Å². The number of carbonyl (C=O) groups is 1. The van der Waals surface area contributed by atoms with E-state index in [1.54, 1.807) is 7.11 Å². The SMILES string of the molecule is COc1ccc(CNC(=O)c2ccc(C(C)C)cc2)cc1. The lowest BCUT2D eigenvalue weighted by Gasteiger charge is -2.08. The van der Waals surface area contributed by atoms with Gasteiger partial charge in [0.1, 0.15) is 5.75 Å². The maximum absolute atomic E-state index is 12.1. The Morgan fingerprint density at radius 3 is 2.19 bits per heavy atom. The molecule has 0 bridgehead atoms. The van der Waals surface area contributed by atoms with Gasteiger partial charge in [-0.3, -0.25) is 4.79 Å². The smallest absolute Gasteiger partial charge is 0.251 e. The minimum Gasteiger partial charge on any atom is -0.497 e. The van der Waals surface area contributed by atoms with Crippen molar-refractivity contribution < 1.29 is 9.53 Å². The second kappa shape index (κ2) is 6.93. The van der Waals surface area contributed by atoms with Crippen LogP contribution < -0.4 is 10.1 Å². The Morgan fingerprint density at radius 1 is 1.05 bits per heavy atom. The zero-order valence-corrected chi connectivity index (χ0v) is 12.7. The molecular weight excluding hydrogens is 262 g/mol. The van der Waals surface area contributed by atoms with Gasteiger partial charge in [0.15, 0.2) is 0 Å². The molecule has 21 heavy (non-hydrogen) atoms. The minimum absolute atomic E-state index is 0.0545. The summed E-state index contributed by atoms with van der Waals surface area (Å²) in [5, 5.41) is 2.92. The van der Waals surface area contributed by atoms with Gasteiger partial charge < -0.3 is 10.1 Å². The van der Waals surface area contributed by atoms with Crippen molar-refractivity contribution in [2.24, 2.45) is 0 Å². The van der Waals surface area contributed by atoms with Gasteiger partial charge in [-0.25, -0.2) is 0 Å². The zero-order valence-electron chi connectivity index (χ0n) is 12.7. The Bertz CT molecular complexity index is 586. The van der Waals surface area contributed by atoms with Crippen molar-refractivity contribution >= 4 is 5.91 Å². The Hall–Kier alpha value is -2.29. The van der Waals surface area contributed by atoms with Gasteiger partial charge in [0.2, 0.25) is 0 Å². The first kappa shape index (κ1) is 15.1. The summed E-state index contributed by atoms with van der Waals surface area (Å²) in [6.45, 7) is 4.78.